The van der Waals surface area contributed by atoms with Crippen molar-refractivity contribution in [2.75, 3.05) is 6.61 Å². The molecule has 0 N–H and O–H groups in total. The first-order chi connectivity index (χ1) is 14.8. The number of carbonyl (C=O) groups is 2. The highest BCUT2D eigenvalue weighted by atomic mass is 32.1. The summed E-state index contributed by atoms with van der Waals surface area (Å²) in [5.74, 6) is -1.79. The third kappa shape index (κ3) is 3.81. The molecule has 3 nitrogen and oxygen atoms in total. The summed E-state index contributed by atoms with van der Waals surface area (Å²) in [7, 11) is 0. The van der Waals surface area contributed by atoms with Gasteiger partial charge in [0, 0.05) is 31.0 Å². The number of rotatable bonds is 5. The number of hydrogen-bond acceptors (Lipinski definition) is 5. The second-order valence-electron chi connectivity index (χ2n) is 7.92. The third-order valence-corrected chi connectivity index (χ3v) is 7.74. The van der Waals surface area contributed by atoms with E-state index in [1.807, 2.05) is 30.3 Å². The highest BCUT2D eigenvalue weighted by Crippen LogP contribution is 2.53. The lowest BCUT2D eigenvalue weighted by molar-refractivity contribution is -0.150. The van der Waals surface area contributed by atoms with E-state index >= 15 is 0 Å². The number of aryl methyl sites for hydroxylation is 4. The van der Waals surface area contributed by atoms with Crippen LogP contribution in [0.4, 0.5) is 0 Å². The monoisotopic (exact) mass is 450 g/mol. The van der Waals surface area contributed by atoms with Crippen molar-refractivity contribution in [1.29, 1.82) is 0 Å². The fourth-order valence-electron chi connectivity index (χ4n) is 4.63. The number of carbonyl (C=O) groups excluding carboxylic acids is 2. The minimum absolute atomic E-state index is 0.142. The number of ketones is 1. The van der Waals surface area contributed by atoms with Gasteiger partial charge in [0.2, 0.25) is 0 Å². The Morgan fingerprint density at radius 3 is 2.16 bits per heavy atom. The molecule has 4 rings (SSSR count). The quantitative estimate of drug-likeness (QED) is 0.329. The first kappa shape index (κ1) is 21.7. The second-order valence-corrected chi connectivity index (χ2v) is 10.8. The second kappa shape index (κ2) is 8.56. The molecule has 5 heteroatoms. The number of ether oxygens (including phenoxy) is 1. The molecule has 0 saturated heterocycles. The van der Waals surface area contributed by atoms with Crippen molar-refractivity contribution in [2.24, 2.45) is 5.92 Å². The molecule has 3 aromatic rings. The van der Waals surface area contributed by atoms with Crippen molar-refractivity contribution in [3.8, 4) is 0 Å². The number of benzene rings is 1. The Bertz CT molecular complexity index is 1180. The van der Waals surface area contributed by atoms with E-state index in [0.717, 1.165) is 32.0 Å². The number of thiophene rings is 2. The lowest BCUT2D eigenvalue weighted by Gasteiger charge is -2.21. The summed E-state index contributed by atoms with van der Waals surface area (Å²) in [5, 5.41) is 0. The van der Waals surface area contributed by atoms with E-state index in [0.29, 0.717) is 5.57 Å². The number of allylic oxidation sites excluding steroid dienone is 2. The maximum Gasteiger partial charge on any atom is 0.317 e. The van der Waals surface area contributed by atoms with Gasteiger partial charge in [0.25, 0.3) is 0 Å². The van der Waals surface area contributed by atoms with Gasteiger partial charge in [-0.1, -0.05) is 30.3 Å². The summed E-state index contributed by atoms with van der Waals surface area (Å²) >= 11 is 3.43. The lowest BCUT2D eigenvalue weighted by atomic mass is 9.82. The molecule has 0 bridgehead atoms. The number of Topliss-reactive ketones (excluding diaryl/α,β-unsaturated/α-hetero) is 1. The van der Waals surface area contributed by atoms with Gasteiger partial charge in [-0.15, -0.1) is 22.7 Å². The van der Waals surface area contributed by atoms with Gasteiger partial charge in [0.15, 0.2) is 5.78 Å². The van der Waals surface area contributed by atoms with Crippen LogP contribution in [0.1, 0.15) is 49.0 Å². The van der Waals surface area contributed by atoms with E-state index < -0.39 is 11.9 Å². The number of esters is 1. The third-order valence-electron chi connectivity index (χ3n) is 5.79. The summed E-state index contributed by atoms with van der Waals surface area (Å²) in [5.41, 5.74) is 4.57. The molecular formula is C26H26O3S2. The van der Waals surface area contributed by atoms with E-state index in [2.05, 4.69) is 39.8 Å². The van der Waals surface area contributed by atoms with Crippen LogP contribution in [0.15, 0.2) is 42.5 Å². The molecule has 0 fully saturated rings. The fraction of sp³-hybridized carbons (Fsp3) is 0.308. The Labute approximate surface area is 191 Å². The van der Waals surface area contributed by atoms with Crippen molar-refractivity contribution in [2.45, 2.75) is 40.5 Å². The molecular weight excluding hydrogens is 424 g/mol. The Morgan fingerprint density at radius 1 is 0.968 bits per heavy atom. The summed E-state index contributed by atoms with van der Waals surface area (Å²) in [6.07, 6.45) is 0. The smallest absolute Gasteiger partial charge is 0.317 e. The predicted molar refractivity (Wildman–Crippen MR) is 129 cm³/mol. The zero-order valence-corrected chi connectivity index (χ0v) is 20.1. The summed E-state index contributed by atoms with van der Waals surface area (Å²) in [6.45, 7) is 10.4. The minimum atomic E-state index is -0.863. The van der Waals surface area contributed by atoms with Gasteiger partial charge in [-0.2, -0.15) is 0 Å². The Kier molecular flexibility index (Phi) is 6.00. The van der Waals surface area contributed by atoms with Crippen LogP contribution in [0, 0.1) is 33.6 Å². The first-order valence-electron chi connectivity index (χ1n) is 10.5. The van der Waals surface area contributed by atoms with Crippen LogP contribution in [0.5, 0.6) is 0 Å². The van der Waals surface area contributed by atoms with E-state index in [-0.39, 0.29) is 18.3 Å². The van der Waals surface area contributed by atoms with Crippen LogP contribution in [-0.2, 0) is 14.3 Å². The Morgan fingerprint density at radius 2 is 1.61 bits per heavy atom. The molecule has 1 aliphatic rings. The van der Waals surface area contributed by atoms with Gasteiger partial charge in [-0.3, -0.25) is 9.59 Å². The van der Waals surface area contributed by atoms with Crippen molar-refractivity contribution in [3.63, 3.8) is 0 Å². The summed E-state index contributed by atoms with van der Waals surface area (Å²) in [6, 6.07) is 14.0. The van der Waals surface area contributed by atoms with Crippen molar-refractivity contribution in [3.05, 3.63) is 78.7 Å². The van der Waals surface area contributed by atoms with E-state index in [1.54, 1.807) is 29.6 Å². The minimum Gasteiger partial charge on any atom is -0.465 e. The zero-order valence-electron chi connectivity index (χ0n) is 18.4. The summed E-state index contributed by atoms with van der Waals surface area (Å²) in [4.78, 5) is 31.7. The maximum atomic E-state index is 13.9. The van der Waals surface area contributed by atoms with Gasteiger partial charge in [-0.25, -0.2) is 0 Å². The molecule has 1 aromatic carbocycles. The van der Waals surface area contributed by atoms with Crippen LogP contribution in [-0.4, -0.2) is 18.4 Å². The van der Waals surface area contributed by atoms with Crippen LogP contribution in [0.25, 0.3) is 11.1 Å². The standard InChI is InChI=1S/C26H26O3S2/c1-6-29-26(28)24-23(20-13-15(3)31-17(20)5)22(19-12-14(2)30-16(19)4)21(25(24)27)18-10-8-7-9-11-18/h7-13,23-24H,6H2,1-5H3. The largest absolute Gasteiger partial charge is 0.465 e. The van der Waals surface area contributed by atoms with Crippen molar-refractivity contribution in [1.82, 2.24) is 0 Å². The van der Waals surface area contributed by atoms with Crippen LogP contribution in [0.3, 0.4) is 0 Å². The van der Waals surface area contributed by atoms with Gasteiger partial charge in [0.1, 0.15) is 5.92 Å². The fourth-order valence-corrected chi connectivity index (χ4v) is 6.55. The maximum absolute atomic E-state index is 13.9. The first-order valence-corrected chi connectivity index (χ1v) is 12.1. The SMILES string of the molecule is CCOC(=O)C1C(=O)C(c2ccccc2)=C(c2cc(C)sc2C)C1c1cc(C)sc1C. The molecule has 0 saturated carbocycles. The zero-order chi connectivity index (χ0) is 22.3. The predicted octanol–water partition coefficient (Wildman–Crippen LogP) is 6.50. The van der Waals surface area contributed by atoms with E-state index in [1.165, 1.54) is 9.75 Å². The molecule has 2 heterocycles. The van der Waals surface area contributed by atoms with Crippen LogP contribution in [0.2, 0.25) is 0 Å². The molecule has 0 radical (unpaired) electrons. The van der Waals surface area contributed by atoms with Gasteiger partial charge in [-0.05, 0) is 69.0 Å². The Hall–Kier alpha value is -2.50. The highest BCUT2D eigenvalue weighted by molar-refractivity contribution is 7.12. The molecule has 0 spiro atoms. The lowest BCUT2D eigenvalue weighted by Crippen LogP contribution is -2.28. The molecule has 1 aliphatic carbocycles. The average molecular weight is 451 g/mol. The molecule has 0 aliphatic heterocycles. The van der Waals surface area contributed by atoms with E-state index in [4.69, 9.17) is 4.74 Å². The molecule has 0 amide bonds. The van der Waals surface area contributed by atoms with Gasteiger partial charge >= 0.3 is 5.97 Å². The van der Waals surface area contributed by atoms with Crippen LogP contribution >= 0.6 is 22.7 Å². The highest BCUT2D eigenvalue weighted by Gasteiger charge is 2.49. The molecule has 2 unspecified atom stereocenters. The normalized spacial score (nSPS) is 18.7. The topological polar surface area (TPSA) is 43.4 Å². The van der Waals surface area contributed by atoms with Crippen molar-refractivity contribution < 1.29 is 14.3 Å². The molecule has 2 atom stereocenters. The molecule has 31 heavy (non-hydrogen) atoms. The number of hydrogen-bond donors (Lipinski definition) is 0. The molecule has 160 valence electrons. The molecule has 2 aromatic heterocycles. The average Bonchev–Trinajstić information content (AvgIpc) is 3.34. The van der Waals surface area contributed by atoms with E-state index in [9.17, 15) is 9.59 Å². The Balaban J connectivity index is 2.05. The van der Waals surface area contributed by atoms with Crippen LogP contribution < -0.4 is 0 Å². The van der Waals surface area contributed by atoms with Crippen molar-refractivity contribution >= 4 is 45.6 Å². The van der Waals surface area contributed by atoms with Gasteiger partial charge in [0.05, 0.1) is 6.61 Å². The summed E-state index contributed by atoms with van der Waals surface area (Å²) < 4.78 is 5.42. The van der Waals surface area contributed by atoms with Gasteiger partial charge < -0.3 is 4.74 Å².